The first-order valence-electron chi connectivity index (χ1n) is 6.32. The fourth-order valence-corrected chi connectivity index (χ4v) is 1.83. The van der Waals surface area contributed by atoms with Crippen molar-refractivity contribution in [3.8, 4) is 0 Å². The molecule has 4 heteroatoms. The highest BCUT2D eigenvalue weighted by Gasteiger charge is 2.02. The molecule has 0 saturated carbocycles. The van der Waals surface area contributed by atoms with Gasteiger partial charge in [0.15, 0.2) is 0 Å². The van der Waals surface area contributed by atoms with Gasteiger partial charge in [0.1, 0.15) is 0 Å². The van der Waals surface area contributed by atoms with Crippen LogP contribution in [-0.2, 0) is 13.1 Å². The molecule has 2 rings (SSSR count). The lowest BCUT2D eigenvalue weighted by atomic mass is 10.2. The standard InChI is InChI=1S/C14H20N4/c1-11(2)9-18-10-14(8-17-18)16-7-13-5-4-6-15-12(13)3/h4-6,8,10-11,16H,7,9H2,1-3H3. The summed E-state index contributed by atoms with van der Waals surface area (Å²) in [6.07, 6.45) is 5.74. The molecular weight excluding hydrogens is 224 g/mol. The van der Waals surface area contributed by atoms with E-state index in [1.165, 1.54) is 5.56 Å². The van der Waals surface area contributed by atoms with Gasteiger partial charge in [-0.2, -0.15) is 5.10 Å². The summed E-state index contributed by atoms with van der Waals surface area (Å²) in [6, 6.07) is 4.06. The number of nitrogens with zero attached hydrogens (tertiary/aromatic N) is 3. The lowest BCUT2D eigenvalue weighted by Crippen LogP contribution is -2.04. The van der Waals surface area contributed by atoms with Crippen LogP contribution in [0.25, 0.3) is 0 Å². The van der Waals surface area contributed by atoms with Crippen LogP contribution in [0, 0.1) is 12.8 Å². The maximum atomic E-state index is 4.33. The molecule has 2 aromatic rings. The Balaban J connectivity index is 1.94. The summed E-state index contributed by atoms with van der Waals surface area (Å²) in [4.78, 5) is 4.28. The molecule has 0 radical (unpaired) electrons. The SMILES string of the molecule is Cc1ncccc1CNc1cnn(CC(C)C)c1. The average Bonchev–Trinajstić information content (AvgIpc) is 2.75. The second-order valence-corrected chi connectivity index (χ2v) is 4.95. The molecule has 2 heterocycles. The molecular formula is C14H20N4. The predicted octanol–water partition coefficient (Wildman–Crippen LogP) is 2.85. The van der Waals surface area contributed by atoms with Crippen molar-refractivity contribution in [1.82, 2.24) is 14.8 Å². The van der Waals surface area contributed by atoms with Gasteiger partial charge in [-0.1, -0.05) is 19.9 Å². The number of hydrogen-bond acceptors (Lipinski definition) is 3. The Kier molecular flexibility index (Phi) is 3.97. The average molecular weight is 244 g/mol. The molecule has 0 aliphatic heterocycles. The molecule has 0 aromatic carbocycles. The quantitative estimate of drug-likeness (QED) is 0.879. The largest absolute Gasteiger partial charge is 0.378 e. The fraction of sp³-hybridized carbons (Fsp3) is 0.429. The van der Waals surface area contributed by atoms with Crippen LogP contribution in [-0.4, -0.2) is 14.8 Å². The normalized spacial score (nSPS) is 10.9. The van der Waals surface area contributed by atoms with E-state index in [9.17, 15) is 0 Å². The van der Waals surface area contributed by atoms with Crippen LogP contribution < -0.4 is 5.32 Å². The first kappa shape index (κ1) is 12.6. The van der Waals surface area contributed by atoms with Gasteiger partial charge in [0.05, 0.1) is 11.9 Å². The second kappa shape index (κ2) is 5.67. The molecule has 0 atom stereocenters. The number of aryl methyl sites for hydroxylation is 1. The van der Waals surface area contributed by atoms with Gasteiger partial charge in [-0.3, -0.25) is 9.67 Å². The zero-order valence-electron chi connectivity index (χ0n) is 11.2. The summed E-state index contributed by atoms with van der Waals surface area (Å²) >= 11 is 0. The van der Waals surface area contributed by atoms with Gasteiger partial charge in [0.25, 0.3) is 0 Å². The van der Waals surface area contributed by atoms with E-state index in [-0.39, 0.29) is 0 Å². The maximum absolute atomic E-state index is 4.33. The number of anilines is 1. The van der Waals surface area contributed by atoms with E-state index >= 15 is 0 Å². The molecule has 4 nitrogen and oxygen atoms in total. The van der Waals surface area contributed by atoms with Crippen molar-refractivity contribution in [2.45, 2.75) is 33.9 Å². The summed E-state index contributed by atoms with van der Waals surface area (Å²) in [5.74, 6) is 0.610. The maximum Gasteiger partial charge on any atom is 0.0729 e. The van der Waals surface area contributed by atoms with Crippen molar-refractivity contribution in [2.24, 2.45) is 5.92 Å². The topological polar surface area (TPSA) is 42.7 Å². The Bertz CT molecular complexity index is 502. The molecule has 0 fully saturated rings. The predicted molar refractivity (Wildman–Crippen MR) is 73.4 cm³/mol. The monoisotopic (exact) mass is 244 g/mol. The minimum absolute atomic E-state index is 0.610. The molecule has 0 saturated heterocycles. The number of hydrogen-bond donors (Lipinski definition) is 1. The molecule has 2 aromatic heterocycles. The summed E-state index contributed by atoms with van der Waals surface area (Å²) in [6.45, 7) is 8.14. The van der Waals surface area contributed by atoms with Crippen LogP contribution >= 0.6 is 0 Å². The van der Waals surface area contributed by atoms with Crippen LogP contribution in [0.5, 0.6) is 0 Å². The summed E-state index contributed by atoms with van der Waals surface area (Å²) < 4.78 is 1.98. The number of pyridine rings is 1. The highest BCUT2D eigenvalue weighted by molar-refractivity contribution is 5.39. The third kappa shape index (κ3) is 3.32. The fourth-order valence-electron chi connectivity index (χ4n) is 1.83. The third-order valence-electron chi connectivity index (χ3n) is 2.78. The highest BCUT2D eigenvalue weighted by atomic mass is 15.3. The van der Waals surface area contributed by atoms with Crippen LogP contribution in [0.1, 0.15) is 25.1 Å². The Labute approximate surface area is 108 Å². The zero-order valence-corrected chi connectivity index (χ0v) is 11.2. The van der Waals surface area contributed by atoms with Gasteiger partial charge in [-0.15, -0.1) is 0 Å². The molecule has 0 amide bonds. The summed E-state index contributed by atoms with van der Waals surface area (Å²) in [5.41, 5.74) is 3.34. The van der Waals surface area contributed by atoms with E-state index in [1.54, 1.807) is 0 Å². The van der Waals surface area contributed by atoms with E-state index in [0.29, 0.717) is 5.92 Å². The number of aromatic nitrogens is 3. The molecule has 0 aliphatic rings. The van der Waals surface area contributed by atoms with Gasteiger partial charge in [0.2, 0.25) is 0 Å². The highest BCUT2D eigenvalue weighted by Crippen LogP contribution is 2.10. The van der Waals surface area contributed by atoms with Gasteiger partial charge < -0.3 is 5.32 Å². The molecule has 1 N–H and O–H groups in total. The Morgan fingerprint density at radius 3 is 2.94 bits per heavy atom. The van der Waals surface area contributed by atoms with Crippen LogP contribution in [0.4, 0.5) is 5.69 Å². The first-order valence-corrected chi connectivity index (χ1v) is 6.32. The molecule has 18 heavy (non-hydrogen) atoms. The van der Waals surface area contributed by atoms with E-state index < -0.39 is 0 Å². The van der Waals surface area contributed by atoms with Crippen LogP contribution in [0.3, 0.4) is 0 Å². The molecule has 0 spiro atoms. The lowest BCUT2D eigenvalue weighted by Gasteiger charge is -2.06. The molecule has 0 unspecified atom stereocenters. The van der Waals surface area contributed by atoms with E-state index in [4.69, 9.17) is 0 Å². The Morgan fingerprint density at radius 1 is 1.39 bits per heavy atom. The molecule has 0 bridgehead atoms. The van der Waals surface area contributed by atoms with E-state index in [2.05, 4.69) is 35.3 Å². The number of rotatable bonds is 5. The van der Waals surface area contributed by atoms with Gasteiger partial charge >= 0.3 is 0 Å². The van der Waals surface area contributed by atoms with Crippen molar-refractivity contribution >= 4 is 5.69 Å². The first-order chi connectivity index (χ1) is 8.65. The van der Waals surface area contributed by atoms with Crippen molar-refractivity contribution in [1.29, 1.82) is 0 Å². The van der Waals surface area contributed by atoms with Gasteiger partial charge in [-0.05, 0) is 24.5 Å². The van der Waals surface area contributed by atoms with Gasteiger partial charge in [-0.25, -0.2) is 0 Å². The van der Waals surface area contributed by atoms with Crippen LogP contribution in [0.15, 0.2) is 30.7 Å². The smallest absolute Gasteiger partial charge is 0.0729 e. The molecule has 0 aliphatic carbocycles. The zero-order chi connectivity index (χ0) is 13.0. The Hall–Kier alpha value is -1.84. The van der Waals surface area contributed by atoms with Crippen molar-refractivity contribution < 1.29 is 0 Å². The summed E-state index contributed by atoms with van der Waals surface area (Å²) in [7, 11) is 0. The second-order valence-electron chi connectivity index (χ2n) is 4.95. The minimum Gasteiger partial charge on any atom is -0.378 e. The van der Waals surface area contributed by atoms with Gasteiger partial charge in [0, 0.05) is 31.2 Å². The van der Waals surface area contributed by atoms with Crippen molar-refractivity contribution in [2.75, 3.05) is 5.32 Å². The molecule has 96 valence electrons. The Morgan fingerprint density at radius 2 is 2.22 bits per heavy atom. The third-order valence-corrected chi connectivity index (χ3v) is 2.78. The minimum atomic E-state index is 0.610. The lowest BCUT2D eigenvalue weighted by molar-refractivity contribution is 0.483. The number of nitrogens with one attached hydrogen (secondary N) is 1. The van der Waals surface area contributed by atoms with Crippen molar-refractivity contribution in [3.05, 3.63) is 42.0 Å². The van der Waals surface area contributed by atoms with E-state index in [0.717, 1.165) is 24.5 Å². The van der Waals surface area contributed by atoms with E-state index in [1.807, 2.05) is 36.3 Å². The van der Waals surface area contributed by atoms with Crippen molar-refractivity contribution in [3.63, 3.8) is 0 Å². The summed E-state index contributed by atoms with van der Waals surface area (Å²) in [5, 5.41) is 7.70. The van der Waals surface area contributed by atoms with Crippen LogP contribution in [0.2, 0.25) is 0 Å².